The largest absolute Gasteiger partial charge is 0.326 e. The molecule has 0 saturated heterocycles. The number of nitrogens with one attached hydrogen (secondary N) is 1. The predicted octanol–water partition coefficient (Wildman–Crippen LogP) is 5.64. The minimum absolute atomic E-state index is 0.0589. The van der Waals surface area contributed by atoms with Crippen LogP contribution in [0.15, 0.2) is 84.6 Å². The van der Waals surface area contributed by atoms with Crippen LogP contribution < -0.4 is 5.32 Å². The van der Waals surface area contributed by atoms with Crippen LogP contribution in [0.1, 0.15) is 11.3 Å². The van der Waals surface area contributed by atoms with Crippen molar-refractivity contribution in [3.63, 3.8) is 0 Å². The van der Waals surface area contributed by atoms with Gasteiger partial charge < -0.3 is 9.88 Å². The molecule has 1 N–H and O–H groups in total. The highest BCUT2D eigenvalue weighted by Crippen LogP contribution is 2.33. The molecular formula is C25H20N4OS. The minimum atomic E-state index is -0.0589. The Balaban J connectivity index is 1.42. The summed E-state index contributed by atoms with van der Waals surface area (Å²) in [6.45, 7) is 2.11. The molecule has 0 aliphatic carbocycles. The van der Waals surface area contributed by atoms with Gasteiger partial charge in [-0.25, -0.2) is 4.98 Å². The van der Waals surface area contributed by atoms with E-state index < -0.39 is 0 Å². The van der Waals surface area contributed by atoms with E-state index in [-0.39, 0.29) is 5.91 Å². The Morgan fingerprint density at radius 3 is 2.68 bits per heavy atom. The molecule has 3 heterocycles. The summed E-state index contributed by atoms with van der Waals surface area (Å²) < 4.78 is 2.23. The van der Waals surface area contributed by atoms with E-state index in [0.717, 1.165) is 38.7 Å². The van der Waals surface area contributed by atoms with Gasteiger partial charge in [-0.05, 0) is 55.0 Å². The number of anilines is 1. The maximum Gasteiger partial charge on any atom is 0.228 e. The highest BCUT2D eigenvalue weighted by Gasteiger charge is 2.13. The molecule has 5 nitrogen and oxygen atoms in total. The number of thiazole rings is 1. The van der Waals surface area contributed by atoms with Crippen molar-refractivity contribution in [2.75, 3.05) is 5.32 Å². The van der Waals surface area contributed by atoms with Gasteiger partial charge in [-0.1, -0.05) is 18.2 Å². The van der Waals surface area contributed by atoms with E-state index in [1.54, 1.807) is 23.7 Å². The second-order valence-corrected chi connectivity index (χ2v) is 8.22. The zero-order chi connectivity index (χ0) is 21.2. The average molecular weight is 425 g/mol. The van der Waals surface area contributed by atoms with Crippen LogP contribution in [0.25, 0.3) is 27.2 Å². The Morgan fingerprint density at radius 2 is 1.94 bits per heavy atom. The van der Waals surface area contributed by atoms with Gasteiger partial charge in [0.05, 0.1) is 11.9 Å². The summed E-state index contributed by atoms with van der Waals surface area (Å²) in [7, 11) is 0. The highest BCUT2D eigenvalue weighted by molar-refractivity contribution is 7.13. The highest BCUT2D eigenvalue weighted by atomic mass is 32.1. The topological polar surface area (TPSA) is 59.8 Å². The number of amides is 1. The van der Waals surface area contributed by atoms with Crippen molar-refractivity contribution in [3.8, 4) is 16.3 Å². The maximum absolute atomic E-state index is 12.3. The van der Waals surface area contributed by atoms with Gasteiger partial charge in [0.25, 0.3) is 0 Å². The number of fused-ring (bicyclic) bond motifs is 1. The van der Waals surface area contributed by atoms with Crippen molar-refractivity contribution in [3.05, 3.63) is 95.9 Å². The average Bonchev–Trinajstić information content (AvgIpc) is 3.42. The van der Waals surface area contributed by atoms with E-state index in [4.69, 9.17) is 0 Å². The van der Waals surface area contributed by atoms with E-state index in [0.29, 0.717) is 6.42 Å². The van der Waals surface area contributed by atoms with Crippen molar-refractivity contribution in [1.29, 1.82) is 0 Å². The fourth-order valence-corrected chi connectivity index (χ4v) is 4.51. The smallest absolute Gasteiger partial charge is 0.228 e. The molecule has 2 aromatic carbocycles. The molecule has 6 heteroatoms. The molecule has 31 heavy (non-hydrogen) atoms. The van der Waals surface area contributed by atoms with Crippen LogP contribution in [-0.2, 0) is 11.2 Å². The van der Waals surface area contributed by atoms with Gasteiger partial charge >= 0.3 is 0 Å². The number of aromatic nitrogens is 3. The van der Waals surface area contributed by atoms with E-state index >= 15 is 0 Å². The molecule has 0 aliphatic rings. The second-order valence-electron chi connectivity index (χ2n) is 7.33. The van der Waals surface area contributed by atoms with Crippen molar-refractivity contribution in [2.24, 2.45) is 0 Å². The minimum Gasteiger partial charge on any atom is -0.326 e. The number of nitrogens with zero attached hydrogens (tertiary/aromatic N) is 3. The third kappa shape index (κ3) is 3.85. The lowest BCUT2D eigenvalue weighted by molar-refractivity contribution is -0.115. The standard InChI is InChI=1S/C25H20N4OS/c1-17-14-22-21(25-27-12-13-31-25)5-2-6-23(22)29(17)20-9-7-19(8-10-20)28-24(30)15-18-4-3-11-26-16-18/h2-14,16H,15H2,1H3,(H,28,30). The summed E-state index contributed by atoms with van der Waals surface area (Å²) in [5, 5.41) is 7.17. The molecule has 0 radical (unpaired) electrons. The first-order valence-corrected chi connectivity index (χ1v) is 10.9. The monoisotopic (exact) mass is 424 g/mol. The molecule has 0 atom stereocenters. The molecule has 0 unspecified atom stereocenters. The number of aryl methyl sites for hydroxylation is 1. The van der Waals surface area contributed by atoms with Gasteiger partial charge in [0.2, 0.25) is 5.91 Å². The molecule has 0 aliphatic heterocycles. The predicted molar refractivity (Wildman–Crippen MR) is 126 cm³/mol. The third-order valence-electron chi connectivity index (χ3n) is 5.19. The number of benzene rings is 2. The summed E-state index contributed by atoms with van der Waals surface area (Å²) >= 11 is 1.65. The van der Waals surface area contributed by atoms with E-state index in [1.807, 2.05) is 48.0 Å². The SMILES string of the molecule is Cc1cc2c(-c3nccs3)cccc2n1-c1ccc(NC(=O)Cc2cccnc2)cc1. The number of carbonyl (C=O) groups is 1. The number of rotatable bonds is 5. The molecule has 1 amide bonds. The van der Waals surface area contributed by atoms with Gasteiger partial charge in [0, 0.05) is 52.0 Å². The molecule has 5 rings (SSSR count). The molecular weight excluding hydrogens is 404 g/mol. The number of hydrogen-bond acceptors (Lipinski definition) is 4. The van der Waals surface area contributed by atoms with Crippen LogP contribution in [0.4, 0.5) is 5.69 Å². The molecule has 0 bridgehead atoms. The maximum atomic E-state index is 12.3. The Bertz CT molecular complexity index is 1340. The summed E-state index contributed by atoms with van der Waals surface area (Å²) in [5.74, 6) is -0.0589. The number of hydrogen-bond donors (Lipinski definition) is 1. The van der Waals surface area contributed by atoms with Crippen LogP contribution in [0.3, 0.4) is 0 Å². The van der Waals surface area contributed by atoms with Crippen molar-refractivity contribution < 1.29 is 4.79 Å². The molecule has 5 aromatic rings. The molecule has 0 fully saturated rings. The Hall–Kier alpha value is -3.77. The lowest BCUT2D eigenvalue weighted by Gasteiger charge is -2.11. The van der Waals surface area contributed by atoms with E-state index in [2.05, 4.69) is 51.0 Å². The second kappa shape index (κ2) is 8.16. The van der Waals surface area contributed by atoms with Crippen molar-refractivity contribution in [1.82, 2.24) is 14.5 Å². The van der Waals surface area contributed by atoms with Gasteiger partial charge in [-0.3, -0.25) is 9.78 Å². The first-order chi connectivity index (χ1) is 15.2. The molecule has 0 spiro atoms. The molecule has 0 saturated carbocycles. The quantitative estimate of drug-likeness (QED) is 0.397. The zero-order valence-electron chi connectivity index (χ0n) is 16.9. The van der Waals surface area contributed by atoms with E-state index in [1.165, 1.54) is 5.39 Å². The van der Waals surface area contributed by atoms with Crippen LogP contribution in [-0.4, -0.2) is 20.4 Å². The van der Waals surface area contributed by atoms with E-state index in [9.17, 15) is 4.79 Å². The fraction of sp³-hybridized carbons (Fsp3) is 0.0800. The van der Waals surface area contributed by atoms with Crippen LogP contribution in [0.2, 0.25) is 0 Å². The normalized spacial score (nSPS) is 11.0. The molecule has 3 aromatic heterocycles. The first kappa shape index (κ1) is 19.2. The van der Waals surface area contributed by atoms with Gasteiger partial charge in [-0.2, -0.15) is 0 Å². The Kier molecular flexibility index (Phi) is 5.06. The third-order valence-corrected chi connectivity index (χ3v) is 6.00. The Labute approximate surface area is 184 Å². The van der Waals surface area contributed by atoms with Gasteiger partial charge in [0.1, 0.15) is 5.01 Å². The fourth-order valence-electron chi connectivity index (χ4n) is 3.84. The van der Waals surface area contributed by atoms with Crippen LogP contribution >= 0.6 is 11.3 Å². The number of pyridine rings is 1. The first-order valence-electron chi connectivity index (χ1n) is 9.99. The lowest BCUT2D eigenvalue weighted by Crippen LogP contribution is -2.14. The molecule has 152 valence electrons. The van der Waals surface area contributed by atoms with Crippen molar-refractivity contribution >= 4 is 33.8 Å². The summed E-state index contributed by atoms with van der Waals surface area (Å²) in [5.41, 5.74) is 6.14. The number of carbonyl (C=O) groups excluding carboxylic acids is 1. The van der Waals surface area contributed by atoms with Crippen LogP contribution in [0, 0.1) is 6.92 Å². The summed E-state index contributed by atoms with van der Waals surface area (Å²) in [6.07, 6.45) is 5.55. The summed E-state index contributed by atoms with van der Waals surface area (Å²) in [6, 6.07) is 20.2. The summed E-state index contributed by atoms with van der Waals surface area (Å²) in [4.78, 5) is 20.9. The van der Waals surface area contributed by atoms with Gasteiger partial charge in [0.15, 0.2) is 0 Å². The zero-order valence-corrected chi connectivity index (χ0v) is 17.8. The van der Waals surface area contributed by atoms with Crippen LogP contribution in [0.5, 0.6) is 0 Å². The van der Waals surface area contributed by atoms with Gasteiger partial charge in [-0.15, -0.1) is 11.3 Å². The lowest BCUT2D eigenvalue weighted by atomic mass is 10.1. The van der Waals surface area contributed by atoms with Crippen molar-refractivity contribution in [2.45, 2.75) is 13.3 Å². The Morgan fingerprint density at radius 1 is 1.06 bits per heavy atom.